The fourth-order valence-corrected chi connectivity index (χ4v) is 2.50. The highest BCUT2D eigenvalue weighted by Gasteiger charge is 2.23. The molecule has 66 valence electrons. The van der Waals surface area contributed by atoms with Gasteiger partial charge in [0.25, 0.3) is 0 Å². The molecule has 1 heterocycles. The molecular formula is C8H17NOS. The first kappa shape index (κ1) is 9.36. The zero-order valence-electron chi connectivity index (χ0n) is 7.08. The van der Waals surface area contributed by atoms with Gasteiger partial charge in [-0.2, -0.15) is 11.8 Å². The first-order valence-corrected chi connectivity index (χ1v) is 5.32. The number of ether oxygens (including phenoxy) is 1. The molecule has 2 unspecified atom stereocenters. The molecule has 0 saturated carbocycles. The minimum Gasteiger partial charge on any atom is -0.377 e. The van der Waals surface area contributed by atoms with Gasteiger partial charge in [-0.3, -0.25) is 0 Å². The maximum Gasteiger partial charge on any atom is 0.0666 e. The minimum atomic E-state index is 0.456. The number of nitrogens with two attached hydrogens (primary N) is 1. The Kier molecular flexibility index (Phi) is 4.26. The summed E-state index contributed by atoms with van der Waals surface area (Å²) < 4.78 is 5.44. The normalized spacial score (nSPS) is 31.1. The SMILES string of the molecule is CC1OCCC1SCCCN. The second-order valence-corrected chi connectivity index (χ2v) is 4.26. The van der Waals surface area contributed by atoms with Crippen LogP contribution in [-0.4, -0.2) is 30.3 Å². The van der Waals surface area contributed by atoms with Gasteiger partial charge in [0, 0.05) is 11.9 Å². The zero-order valence-corrected chi connectivity index (χ0v) is 7.90. The van der Waals surface area contributed by atoms with Gasteiger partial charge in [-0.15, -0.1) is 0 Å². The van der Waals surface area contributed by atoms with Crippen LogP contribution < -0.4 is 5.73 Å². The van der Waals surface area contributed by atoms with Gasteiger partial charge in [0.1, 0.15) is 0 Å². The molecular weight excluding hydrogens is 158 g/mol. The molecule has 1 aliphatic heterocycles. The van der Waals surface area contributed by atoms with E-state index in [1.54, 1.807) is 0 Å². The van der Waals surface area contributed by atoms with Crippen molar-refractivity contribution in [1.29, 1.82) is 0 Å². The Morgan fingerprint density at radius 3 is 3.00 bits per heavy atom. The monoisotopic (exact) mass is 175 g/mol. The lowest BCUT2D eigenvalue weighted by atomic mass is 10.3. The Hall–Kier alpha value is 0.270. The van der Waals surface area contributed by atoms with Crippen LogP contribution in [-0.2, 0) is 4.74 Å². The van der Waals surface area contributed by atoms with Crippen molar-refractivity contribution in [3.05, 3.63) is 0 Å². The summed E-state index contributed by atoms with van der Waals surface area (Å²) in [6, 6.07) is 0. The van der Waals surface area contributed by atoms with Gasteiger partial charge in [0.2, 0.25) is 0 Å². The average molecular weight is 175 g/mol. The van der Waals surface area contributed by atoms with Gasteiger partial charge in [-0.25, -0.2) is 0 Å². The van der Waals surface area contributed by atoms with E-state index in [1.165, 1.54) is 12.2 Å². The van der Waals surface area contributed by atoms with Crippen LogP contribution in [0.2, 0.25) is 0 Å². The van der Waals surface area contributed by atoms with E-state index in [-0.39, 0.29) is 0 Å². The molecule has 0 amide bonds. The molecule has 2 nitrogen and oxygen atoms in total. The van der Waals surface area contributed by atoms with Crippen molar-refractivity contribution in [2.24, 2.45) is 5.73 Å². The Labute approximate surface area is 72.9 Å². The summed E-state index contributed by atoms with van der Waals surface area (Å²) in [6.45, 7) is 3.92. The summed E-state index contributed by atoms with van der Waals surface area (Å²) in [5.41, 5.74) is 5.40. The summed E-state index contributed by atoms with van der Waals surface area (Å²) in [4.78, 5) is 0. The summed E-state index contributed by atoms with van der Waals surface area (Å²) in [6.07, 6.45) is 2.81. The topological polar surface area (TPSA) is 35.2 Å². The van der Waals surface area contributed by atoms with Crippen molar-refractivity contribution >= 4 is 11.8 Å². The molecule has 0 aliphatic carbocycles. The zero-order chi connectivity index (χ0) is 8.10. The van der Waals surface area contributed by atoms with Crippen molar-refractivity contribution in [3.63, 3.8) is 0 Å². The smallest absolute Gasteiger partial charge is 0.0666 e. The average Bonchev–Trinajstić information content (AvgIpc) is 2.37. The summed E-state index contributed by atoms with van der Waals surface area (Å²) in [5.74, 6) is 1.19. The Morgan fingerprint density at radius 1 is 1.64 bits per heavy atom. The lowest BCUT2D eigenvalue weighted by molar-refractivity contribution is 0.127. The fourth-order valence-electron chi connectivity index (χ4n) is 1.25. The van der Waals surface area contributed by atoms with E-state index in [9.17, 15) is 0 Å². The summed E-state index contributed by atoms with van der Waals surface area (Å²) in [5, 5.41) is 0.724. The molecule has 0 spiro atoms. The molecule has 1 fully saturated rings. The third-order valence-electron chi connectivity index (χ3n) is 1.99. The van der Waals surface area contributed by atoms with Crippen LogP contribution in [0.25, 0.3) is 0 Å². The van der Waals surface area contributed by atoms with Gasteiger partial charge in [0.15, 0.2) is 0 Å². The maximum absolute atomic E-state index is 5.44. The molecule has 1 rings (SSSR count). The van der Waals surface area contributed by atoms with Crippen LogP contribution in [0.5, 0.6) is 0 Å². The molecule has 0 aromatic carbocycles. The van der Waals surface area contributed by atoms with Crippen LogP contribution in [0.15, 0.2) is 0 Å². The second kappa shape index (κ2) is 5.01. The third-order valence-corrected chi connectivity index (χ3v) is 3.56. The quantitative estimate of drug-likeness (QED) is 0.653. The van der Waals surface area contributed by atoms with Gasteiger partial charge < -0.3 is 10.5 Å². The minimum absolute atomic E-state index is 0.456. The second-order valence-electron chi connectivity index (χ2n) is 2.92. The van der Waals surface area contributed by atoms with E-state index in [0.717, 1.165) is 24.8 Å². The molecule has 11 heavy (non-hydrogen) atoms. The van der Waals surface area contributed by atoms with E-state index in [4.69, 9.17) is 10.5 Å². The van der Waals surface area contributed by atoms with Gasteiger partial charge >= 0.3 is 0 Å². The highest BCUT2D eigenvalue weighted by molar-refractivity contribution is 7.99. The van der Waals surface area contributed by atoms with Crippen molar-refractivity contribution in [3.8, 4) is 0 Å². The third kappa shape index (κ3) is 3.01. The maximum atomic E-state index is 5.44. The first-order chi connectivity index (χ1) is 5.34. The molecule has 0 bridgehead atoms. The van der Waals surface area contributed by atoms with Gasteiger partial charge in [-0.1, -0.05) is 0 Å². The predicted molar refractivity (Wildman–Crippen MR) is 49.9 cm³/mol. The van der Waals surface area contributed by atoms with Crippen molar-refractivity contribution in [2.45, 2.75) is 31.1 Å². The summed E-state index contributed by atoms with van der Waals surface area (Å²) in [7, 11) is 0. The fraction of sp³-hybridized carbons (Fsp3) is 1.00. The Bertz CT molecular complexity index is 110. The number of hydrogen-bond donors (Lipinski definition) is 1. The molecule has 3 heteroatoms. The largest absolute Gasteiger partial charge is 0.377 e. The molecule has 0 radical (unpaired) electrons. The Balaban J connectivity index is 2.05. The van der Waals surface area contributed by atoms with E-state index >= 15 is 0 Å². The number of hydrogen-bond acceptors (Lipinski definition) is 3. The van der Waals surface area contributed by atoms with Gasteiger partial charge in [0.05, 0.1) is 6.10 Å². The van der Waals surface area contributed by atoms with Crippen LogP contribution in [0.4, 0.5) is 0 Å². The van der Waals surface area contributed by atoms with E-state index in [1.807, 2.05) is 11.8 Å². The van der Waals surface area contributed by atoms with Crippen LogP contribution >= 0.6 is 11.8 Å². The number of thioether (sulfide) groups is 1. The molecule has 0 aromatic rings. The standard InChI is InChI=1S/C8H17NOS/c1-7-8(3-5-10-7)11-6-2-4-9/h7-8H,2-6,9H2,1H3. The van der Waals surface area contributed by atoms with E-state index < -0.39 is 0 Å². The summed E-state index contributed by atoms with van der Waals surface area (Å²) >= 11 is 2.01. The van der Waals surface area contributed by atoms with E-state index in [2.05, 4.69) is 6.92 Å². The number of rotatable bonds is 4. The molecule has 1 saturated heterocycles. The van der Waals surface area contributed by atoms with Crippen molar-refractivity contribution in [1.82, 2.24) is 0 Å². The highest BCUT2D eigenvalue weighted by atomic mass is 32.2. The van der Waals surface area contributed by atoms with E-state index in [0.29, 0.717) is 6.10 Å². The lowest BCUT2D eigenvalue weighted by Gasteiger charge is -2.12. The Morgan fingerprint density at radius 2 is 2.45 bits per heavy atom. The lowest BCUT2D eigenvalue weighted by Crippen LogP contribution is -2.14. The van der Waals surface area contributed by atoms with Crippen LogP contribution in [0.1, 0.15) is 19.8 Å². The van der Waals surface area contributed by atoms with Crippen LogP contribution in [0, 0.1) is 0 Å². The first-order valence-electron chi connectivity index (χ1n) is 4.28. The van der Waals surface area contributed by atoms with Crippen molar-refractivity contribution < 1.29 is 4.74 Å². The van der Waals surface area contributed by atoms with Crippen LogP contribution in [0.3, 0.4) is 0 Å². The molecule has 2 atom stereocenters. The molecule has 0 aromatic heterocycles. The molecule has 2 N–H and O–H groups in total. The van der Waals surface area contributed by atoms with Crippen molar-refractivity contribution in [2.75, 3.05) is 18.9 Å². The highest BCUT2D eigenvalue weighted by Crippen LogP contribution is 2.26. The van der Waals surface area contributed by atoms with Gasteiger partial charge in [-0.05, 0) is 32.1 Å². The predicted octanol–water partition coefficient (Wildman–Crippen LogP) is 1.25. The molecule has 1 aliphatic rings.